The first-order valence-electron chi connectivity index (χ1n) is 10.3. The Morgan fingerprint density at radius 3 is 2.53 bits per heavy atom. The van der Waals surface area contributed by atoms with Crippen molar-refractivity contribution in [3.05, 3.63) is 110 Å². The third-order valence-corrected chi connectivity index (χ3v) is 7.32. The maximum atomic E-state index is 13.3. The molecule has 0 radical (unpaired) electrons. The van der Waals surface area contributed by atoms with Gasteiger partial charge in [-0.2, -0.15) is 0 Å². The molecule has 0 bridgehead atoms. The normalized spacial score (nSPS) is 12.5. The summed E-state index contributed by atoms with van der Waals surface area (Å²) in [7, 11) is 0. The standard InChI is InChI=1S/C26H18ClN3OS/c1-16-19(14-24-25(31)30-23-13-7-5-11-21(23)28-26(30)32-24)18-9-3-6-12-22(18)29(16)15-17-8-2-4-10-20(17)27/h2-14H,15H2,1H3/b24-14-. The molecule has 0 amide bonds. The number of fused-ring (bicyclic) bond motifs is 4. The van der Waals surface area contributed by atoms with Crippen molar-refractivity contribution >= 4 is 55.9 Å². The second-order valence-electron chi connectivity index (χ2n) is 7.83. The Labute approximate surface area is 192 Å². The van der Waals surface area contributed by atoms with E-state index in [-0.39, 0.29) is 5.56 Å². The fourth-order valence-corrected chi connectivity index (χ4v) is 5.55. The summed E-state index contributed by atoms with van der Waals surface area (Å²) in [4.78, 5) is 18.6. The van der Waals surface area contributed by atoms with Gasteiger partial charge in [-0.1, -0.05) is 71.5 Å². The second-order valence-corrected chi connectivity index (χ2v) is 9.24. The van der Waals surface area contributed by atoms with E-state index in [9.17, 15) is 4.79 Å². The summed E-state index contributed by atoms with van der Waals surface area (Å²) in [6, 6.07) is 24.0. The molecule has 0 unspecified atom stereocenters. The average molecular weight is 456 g/mol. The molecule has 4 nitrogen and oxygen atoms in total. The minimum absolute atomic E-state index is 0.0268. The van der Waals surface area contributed by atoms with Crippen molar-refractivity contribution in [1.29, 1.82) is 0 Å². The van der Waals surface area contributed by atoms with Crippen LogP contribution in [-0.4, -0.2) is 14.0 Å². The Hall–Kier alpha value is -3.41. The van der Waals surface area contributed by atoms with E-state index in [0.29, 0.717) is 11.1 Å². The van der Waals surface area contributed by atoms with Crippen molar-refractivity contribution in [1.82, 2.24) is 14.0 Å². The largest absolute Gasteiger partial charge is 0.340 e. The van der Waals surface area contributed by atoms with Gasteiger partial charge in [0.15, 0.2) is 4.96 Å². The molecule has 3 aromatic heterocycles. The number of para-hydroxylation sites is 3. The number of benzene rings is 3. The molecule has 3 heterocycles. The van der Waals surface area contributed by atoms with Crippen LogP contribution in [0.25, 0.3) is 33.0 Å². The fraction of sp³-hybridized carbons (Fsp3) is 0.0769. The molecule has 6 aromatic rings. The van der Waals surface area contributed by atoms with E-state index in [2.05, 4.69) is 34.7 Å². The zero-order valence-electron chi connectivity index (χ0n) is 17.2. The lowest BCUT2D eigenvalue weighted by Gasteiger charge is -2.10. The molecule has 0 aliphatic heterocycles. The fourth-order valence-electron chi connectivity index (χ4n) is 4.38. The van der Waals surface area contributed by atoms with E-state index >= 15 is 0 Å². The maximum absolute atomic E-state index is 13.3. The summed E-state index contributed by atoms with van der Waals surface area (Å²) in [6.45, 7) is 2.77. The summed E-state index contributed by atoms with van der Waals surface area (Å²) in [6.07, 6.45) is 2.01. The molecule has 0 atom stereocenters. The highest BCUT2D eigenvalue weighted by atomic mass is 35.5. The Bertz CT molecular complexity index is 1760. The zero-order chi connectivity index (χ0) is 21.8. The van der Waals surface area contributed by atoms with Gasteiger partial charge in [-0.15, -0.1) is 0 Å². The highest BCUT2D eigenvalue weighted by Gasteiger charge is 2.15. The van der Waals surface area contributed by atoms with Crippen LogP contribution in [0.4, 0.5) is 0 Å². The van der Waals surface area contributed by atoms with Crippen molar-refractivity contribution in [3.8, 4) is 0 Å². The summed E-state index contributed by atoms with van der Waals surface area (Å²) in [5.41, 5.74) is 6.00. The molecule has 32 heavy (non-hydrogen) atoms. The van der Waals surface area contributed by atoms with Crippen LogP contribution in [0.3, 0.4) is 0 Å². The molecule has 0 fully saturated rings. The van der Waals surface area contributed by atoms with E-state index in [1.807, 2.05) is 60.7 Å². The third-order valence-electron chi connectivity index (χ3n) is 5.99. The summed E-state index contributed by atoms with van der Waals surface area (Å²) in [5, 5.41) is 1.87. The molecular weight excluding hydrogens is 438 g/mol. The van der Waals surface area contributed by atoms with Crippen LogP contribution in [0, 0.1) is 6.92 Å². The van der Waals surface area contributed by atoms with Gasteiger partial charge in [-0.05, 0) is 42.8 Å². The van der Waals surface area contributed by atoms with Crippen molar-refractivity contribution in [2.75, 3.05) is 0 Å². The van der Waals surface area contributed by atoms with Crippen LogP contribution in [0.1, 0.15) is 16.8 Å². The van der Waals surface area contributed by atoms with Gasteiger partial charge in [-0.3, -0.25) is 4.79 Å². The predicted molar refractivity (Wildman–Crippen MR) is 133 cm³/mol. The van der Waals surface area contributed by atoms with E-state index < -0.39 is 0 Å². The van der Waals surface area contributed by atoms with Crippen molar-refractivity contribution < 1.29 is 0 Å². The van der Waals surface area contributed by atoms with Gasteiger partial charge in [0.2, 0.25) is 0 Å². The molecule has 0 saturated heterocycles. The van der Waals surface area contributed by atoms with Crippen molar-refractivity contribution in [2.45, 2.75) is 13.5 Å². The number of thiazole rings is 1. The number of hydrogen-bond donors (Lipinski definition) is 0. The monoisotopic (exact) mass is 455 g/mol. The Morgan fingerprint density at radius 2 is 1.69 bits per heavy atom. The molecule has 3 aromatic carbocycles. The molecular formula is C26H18ClN3OS. The van der Waals surface area contributed by atoms with Gasteiger partial charge in [0.05, 0.1) is 15.6 Å². The summed E-state index contributed by atoms with van der Waals surface area (Å²) >= 11 is 7.88. The lowest BCUT2D eigenvalue weighted by Crippen LogP contribution is -2.22. The van der Waals surface area contributed by atoms with Gasteiger partial charge in [0.25, 0.3) is 5.56 Å². The highest BCUT2D eigenvalue weighted by Crippen LogP contribution is 2.29. The minimum atomic E-state index is -0.0268. The van der Waals surface area contributed by atoms with Crippen molar-refractivity contribution in [3.63, 3.8) is 0 Å². The van der Waals surface area contributed by atoms with Crippen LogP contribution < -0.4 is 10.1 Å². The van der Waals surface area contributed by atoms with Gasteiger partial charge in [0.1, 0.15) is 0 Å². The number of nitrogens with zero attached hydrogens (tertiary/aromatic N) is 3. The summed E-state index contributed by atoms with van der Waals surface area (Å²) in [5.74, 6) is 0. The second kappa shape index (κ2) is 7.33. The average Bonchev–Trinajstić information content (AvgIpc) is 3.41. The molecule has 0 aliphatic carbocycles. The predicted octanol–water partition coefficient (Wildman–Crippen LogP) is 5.42. The number of imidazole rings is 1. The minimum Gasteiger partial charge on any atom is -0.340 e. The lowest BCUT2D eigenvalue weighted by molar-refractivity contribution is 0.804. The SMILES string of the molecule is Cc1c(/C=c2\sc3nc4ccccc4n3c2=O)c2ccccc2n1Cc1ccccc1Cl. The molecule has 6 heteroatoms. The number of aromatic nitrogens is 3. The first-order valence-corrected chi connectivity index (χ1v) is 11.5. The molecule has 0 saturated carbocycles. The number of rotatable bonds is 3. The lowest BCUT2D eigenvalue weighted by atomic mass is 10.1. The van der Waals surface area contributed by atoms with Crippen LogP contribution in [-0.2, 0) is 6.54 Å². The van der Waals surface area contributed by atoms with Crippen LogP contribution in [0.5, 0.6) is 0 Å². The Morgan fingerprint density at radius 1 is 0.969 bits per heavy atom. The van der Waals surface area contributed by atoms with Gasteiger partial charge < -0.3 is 4.57 Å². The molecule has 156 valence electrons. The van der Waals surface area contributed by atoms with E-state index in [1.165, 1.54) is 11.3 Å². The molecule has 0 N–H and O–H groups in total. The Balaban J connectivity index is 1.58. The molecule has 0 spiro atoms. The zero-order valence-corrected chi connectivity index (χ0v) is 18.8. The topological polar surface area (TPSA) is 39.3 Å². The van der Waals surface area contributed by atoms with Gasteiger partial charge >= 0.3 is 0 Å². The van der Waals surface area contributed by atoms with E-state index in [1.54, 1.807) is 4.40 Å². The quantitative estimate of drug-likeness (QED) is 0.357. The third kappa shape index (κ3) is 2.89. The number of halogens is 1. The van der Waals surface area contributed by atoms with Crippen LogP contribution >= 0.6 is 22.9 Å². The Kier molecular flexibility index (Phi) is 4.42. The molecule has 0 aliphatic rings. The first-order chi connectivity index (χ1) is 15.6. The van der Waals surface area contributed by atoms with Crippen molar-refractivity contribution in [2.24, 2.45) is 0 Å². The highest BCUT2D eigenvalue weighted by molar-refractivity contribution is 7.15. The summed E-state index contributed by atoms with van der Waals surface area (Å²) < 4.78 is 4.66. The van der Waals surface area contributed by atoms with Gasteiger partial charge in [-0.25, -0.2) is 9.38 Å². The van der Waals surface area contributed by atoms with E-state index in [4.69, 9.17) is 11.6 Å². The first kappa shape index (κ1) is 19.3. The van der Waals surface area contributed by atoms with Crippen LogP contribution in [0.2, 0.25) is 5.02 Å². The smallest absolute Gasteiger partial charge is 0.274 e. The number of hydrogen-bond acceptors (Lipinski definition) is 3. The van der Waals surface area contributed by atoms with E-state index in [0.717, 1.165) is 48.7 Å². The molecule has 6 rings (SSSR count). The van der Waals surface area contributed by atoms with Gasteiger partial charge in [0, 0.05) is 33.7 Å². The van der Waals surface area contributed by atoms with Crippen LogP contribution in [0.15, 0.2) is 77.6 Å². The maximum Gasteiger partial charge on any atom is 0.274 e.